The van der Waals surface area contributed by atoms with Crippen molar-refractivity contribution in [2.75, 3.05) is 0 Å². The smallest absolute Gasteiger partial charge is 0.0659 e. The molecule has 0 amide bonds. The Morgan fingerprint density at radius 3 is 2.33 bits per heavy atom. The van der Waals surface area contributed by atoms with Crippen molar-refractivity contribution >= 4 is 39.1 Å². The number of benzene rings is 2. The molecule has 94 valence electrons. The molecule has 0 nitrogen and oxygen atoms in total. The Morgan fingerprint density at radius 1 is 1.06 bits per heavy atom. The van der Waals surface area contributed by atoms with Crippen LogP contribution in [0.15, 0.2) is 42.5 Å². The van der Waals surface area contributed by atoms with Gasteiger partial charge in [-0.2, -0.15) is 0 Å². The number of aryl methyl sites for hydroxylation is 1. The standard InChI is InChI=1S/C15H13BrCl2/c1-2-10-3-5-11(6-4-10)15(16)13-9-12(17)7-8-14(13)18/h3-9,15H,2H2,1H3. The lowest BCUT2D eigenvalue weighted by Gasteiger charge is -2.13. The van der Waals surface area contributed by atoms with Gasteiger partial charge in [-0.05, 0) is 41.3 Å². The van der Waals surface area contributed by atoms with E-state index in [0.717, 1.165) is 17.0 Å². The molecular weight excluding hydrogens is 331 g/mol. The maximum absolute atomic E-state index is 6.21. The summed E-state index contributed by atoms with van der Waals surface area (Å²) >= 11 is 15.9. The second-order valence-electron chi connectivity index (χ2n) is 4.12. The van der Waals surface area contributed by atoms with Crippen LogP contribution in [0.5, 0.6) is 0 Å². The third-order valence-corrected chi connectivity index (χ3v) is 4.51. The zero-order valence-corrected chi connectivity index (χ0v) is 13.1. The molecule has 0 radical (unpaired) electrons. The van der Waals surface area contributed by atoms with Crippen molar-refractivity contribution in [1.82, 2.24) is 0 Å². The molecule has 2 aromatic carbocycles. The van der Waals surface area contributed by atoms with Gasteiger partial charge in [0.2, 0.25) is 0 Å². The van der Waals surface area contributed by atoms with Crippen LogP contribution < -0.4 is 0 Å². The van der Waals surface area contributed by atoms with Crippen LogP contribution in [-0.2, 0) is 6.42 Å². The van der Waals surface area contributed by atoms with Gasteiger partial charge in [0, 0.05) is 10.0 Å². The molecule has 0 saturated heterocycles. The van der Waals surface area contributed by atoms with Crippen LogP contribution in [0.3, 0.4) is 0 Å². The SMILES string of the molecule is CCc1ccc(C(Br)c2cc(Cl)ccc2Cl)cc1. The summed E-state index contributed by atoms with van der Waals surface area (Å²) in [6.07, 6.45) is 1.05. The number of rotatable bonds is 3. The summed E-state index contributed by atoms with van der Waals surface area (Å²) in [6, 6.07) is 14.0. The van der Waals surface area contributed by atoms with Crippen molar-refractivity contribution in [2.24, 2.45) is 0 Å². The van der Waals surface area contributed by atoms with Gasteiger partial charge in [0.1, 0.15) is 0 Å². The molecule has 0 N–H and O–H groups in total. The van der Waals surface area contributed by atoms with Crippen molar-refractivity contribution in [1.29, 1.82) is 0 Å². The summed E-state index contributed by atoms with van der Waals surface area (Å²) in [4.78, 5) is 0.0645. The molecule has 0 bridgehead atoms. The van der Waals surface area contributed by atoms with E-state index < -0.39 is 0 Å². The minimum Gasteiger partial charge on any atom is -0.0843 e. The Balaban J connectivity index is 2.34. The van der Waals surface area contributed by atoms with Gasteiger partial charge in [0.25, 0.3) is 0 Å². The maximum Gasteiger partial charge on any atom is 0.0659 e. The van der Waals surface area contributed by atoms with Crippen LogP contribution >= 0.6 is 39.1 Å². The summed E-state index contributed by atoms with van der Waals surface area (Å²) in [5.74, 6) is 0. The molecule has 18 heavy (non-hydrogen) atoms. The topological polar surface area (TPSA) is 0 Å². The van der Waals surface area contributed by atoms with Gasteiger partial charge < -0.3 is 0 Å². The summed E-state index contributed by atoms with van der Waals surface area (Å²) in [6.45, 7) is 2.15. The minimum absolute atomic E-state index is 0.0645. The number of halogens is 3. The molecule has 1 atom stereocenters. The van der Waals surface area contributed by atoms with Gasteiger partial charge in [-0.25, -0.2) is 0 Å². The lowest BCUT2D eigenvalue weighted by molar-refractivity contribution is 1.12. The molecule has 0 aliphatic rings. The van der Waals surface area contributed by atoms with Crippen LogP contribution in [0.1, 0.15) is 28.4 Å². The predicted octanol–water partition coefficient (Wildman–Crippen LogP) is 6.04. The Hall–Kier alpha value is -0.500. The molecule has 0 heterocycles. The van der Waals surface area contributed by atoms with Crippen molar-refractivity contribution in [3.05, 3.63) is 69.2 Å². The number of hydrogen-bond donors (Lipinski definition) is 0. The normalized spacial score (nSPS) is 12.4. The predicted molar refractivity (Wildman–Crippen MR) is 83.1 cm³/mol. The first kappa shape index (κ1) is 13.9. The highest BCUT2D eigenvalue weighted by Gasteiger charge is 2.14. The molecule has 0 spiro atoms. The Labute approximate surface area is 126 Å². The fourth-order valence-electron chi connectivity index (χ4n) is 1.81. The van der Waals surface area contributed by atoms with E-state index in [1.165, 1.54) is 11.1 Å². The van der Waals surface area contributed by atoms with Gasteiger partial charge in [-0.3, -0.25) is 0 Å². The van der Waals surface area contributed by atoms with Crippen molar-refractivity contribution in [3.63, 3.8) is 0 Å². The van der Waals surface area contributed by atoms with Crippen LogP contribution in [-0.4, -0.2) is 0 Å². The van der Waals surface area contributed by atoms with Crippen LogP contribution in [0, 0.1) is 0 Å². The van der Waals surface area contributed by atoms with E-state index >= 15 is 0 Å². The van der Waals surface area contributed by atoms with E-state index in [9.17, 15) is 0 Å². The van der Waals surface area contributed by atoms with Gasteiger partial charge >= 0.3 is 0 Å². The van der Waals surface area contributed by atoms with E-state index in [4.69, 9.17) is 23.2 Å². The molecule has 0 fully saturated rings. The third-order valence-electron chi connectivity index (χ3n) is 2.91. The molecule has 0 aromatic heterocycles. The monoisotopic (exact) mass is 342 g/mol. The summed E-state index contributed by atoms with van der Waals surface area (Å²) < 4.78 is 0. The van der Waals surface area contributed by atoms with E-state index in [1.54, 1.807) is 6.07 Å². The molecular formula is C15H13BrCl2. The van der Waals surface area contributed by atoms with Gasteiger partial charge in [0.05, 0.1) is 4.83 Å². The van der Waals surface area contributed by atoms with Crippen LogP contribution in [0.2, 0.25) is 10.0 Å². The largest absolute Gasteiger partial charge is 0.0843 e. The zero-order chi connectivity index (χ0) is 13.1. The van der Waals surface area contributed by atoms with Gasteiger partial charge in [-0.15, -0.1) is 0 Å². The molecule has 3 heteroatoms. The lowest BCUT2D eigenvalue weighted by Crippen LogP contribution is -1.94. The highest BCUT2D eigenvalue weighted by atomic mass is 79.9. The van der Waals surface area contributed by atoms with E-state index in [-0.39, 0.29) is 4.83 Å². The molecule has 0 aliphatic heterocycles. The van der Waals surface area contributed by atoms with Crippen molar-refractivity contribution < 1.29 is 0 Å². The van der Waals surface area contributed by atoms with Gasteiger partial charge in [-0.1, -0.05) is 70.3 Å². The Kier molecular flexibility index (Phi) is 4.71. The fraction of sp³-hybridized carbons (Fsp3) is 0.200. The average Bonchev–Trinajstić information content (AvgIpc) is 2.41. The number of alkyl halides is 1. The summed E-state index contributed by atoms with van der Waals surface area (Å²) in [5, 5.41) is 1.42. The molecule has 2 rings (SSSR count). The molecule has 0 aliphatic carbocycles. The third kappa shape index (κ3) is 3.09. The minimum atomic E-state index is 0.0645. The van der Waals surface area contributed by atoms with Gasteiger partial charge in [0.15, 0.2) is 0 Å². The lowest BCUT2D eigenvalue weighted by atomic mass is 10.0. The van der Waals surface area contributed by atoms with Crippen molar-refractivity contribution in [2.45, 2.75) is 18.2 Å². The van der Waals surface area contributed by atoms with Crippen LogP contribution in [0.25, 0.3) is 0 Å². The Bertz CT molecular complexity index is 535. The van der Waals surface area contributed by atoms with E-state index in [1.807, 2.05) is 12.1 Å². The second-order valence-corrected chi connectivity index (χ2v) is 5.88. The molecule has 0 saturated carbocycles. The van der Waals surface area contributed by atoms with Crippen LogP contribution in [0.4, 0.5) is 0 Å². The number of hydrogen-bond acceptors (Lipinski definition) is 0. The molecule has 2 aromatic rings. The Morgan fingerprint density at radius 2 is 1.72 bits per heavy atom. The summed E-state index contributed by atoms with van der Waals surface area (Å²) in [5.41, 5.74) is 3.50. The first-order valence-corrected chi connectivity index (χ1v) is 7.47. The van der Waals surface area contributed by atoms with Crippen molar-refractivity contribution in [3.8, 4) is 0 Å². The summed E-state index contributed by atoms with van der Waals surface area (Å²) in [7, 11) is 0. The maximum atomic E-state index is 6.21. The average molecular weight is 344 g/mol. The highest BCUT2D eigenvalue weighted by Crippen LogP contribution is 2.36. The highest BCUT2D eigenvalue weighted by molar-refractivity contribution is 9.09. The van der Waals surface area contributed by atoms with E-state index in [2.05, 4.69) is 47.1 Å². The molecule has 1 unspecified atom stereocenters. The first-order chi connectivity index (χ1) is 8.61. The quantitative estimate of drug-likeness (QED) is 0.596. The second kappa shape index (κ2) is 6.10. The zero-order valence-electron chi connectivity index (χ0n) is 9.96. The fourth-order valence-corrected chi connectivity index (χ4v) is 3.03. The van der Waals surface area contributed by atoms with E-state index in [0.29, 0.717) is 5.02 Å². The first-order valence-electron chi connectivity index (χ1n) is 5.79.